The number of carboxylic acid groups (broad SMARTS) is 1. The van der Waals surface area contributed by atoms with Gasteiger partial charge in [0.25, 0.3) is 5.91 Å². The summed E-state index contributed by atoms with van der Waals surface area (Å²) in [4.78, 5) is 31.5. The number of benzene rings is 3. The number of hydrogen-bond donors (Lipinski definition) is 1. The molecule has 0 aliphatic carbocycles. The van der Waals surface area contributed by atoms with Crippen LogP contribution in [-0.4, -0.2) is 33.2 Å². The number of para-hydroxylation sites is 1. The summed E-state index contributed by atoms with van der Waals surface area (Å²) in [5.74, 6) is -0.389. The number of nitrogens with zero attached hydrogens (tertiary/aromatic N) is 2. The van der Waals surface area contributed by atoms with Crippen LogP contribution in [0.3, 0.4) is 0 Å². The Kier molecular flexibility index (Phi) is 8.28. The second kappa shape index (κ2) is 11.6. The molecule has 0 aromatic heterocycles. The Hall–Kier alpha value is -3.36. The molecule has 1 saturated heterocycles. The fourth-order valence-corrected chi connectivity index (χ4v) is 4.92. The molecule has 36 heavy (non-hydrogen) atoms. The van der Waals surface area contributed by atoms with Crippen molar-refractivity contribution in [2.24, 2.45) is 4.99 Å². The highest BCUT2D eigenvalue weighted by molar-refractivity contribution is 9.10. The molecule has 0 radical (unpaired) electrons. The van der Waals surface area contributed by atoms with Crippen LogP contribution >= 0.6 is 27.7 Å². The molecule has 1 heterocycles. The average Bonchev–Trinajstić information content (AvgIpc) is 3.15. The van der Waals surface area contributed by atoms with Gasteiger partial charge in [0.15, 0.2) is 5.17 Å². The van der Waals surface area contributed by atoms with Crippen LogP contribution in [0.25, 0.3) is 6.08 Å². The molecule has 8 heteroatoms. The fourth-order valence-electron chi connectivity index (χ4n) is 3.43. The van der Waals surface area contributed by atoms with Crippen LogP contribution in [0.1, 0.15) is 41.8 Å². The van der Waals surface area contributed by atoms with Crippen molar-refractivity contribution < 1.29 is 19.4 Å². The summed E-state index contributed by atoms with van der Waals surface area (Å²) in [6, 6.07) is 21.7. The van der Waals surface area contributed by atoms with Crippen molar-refractivity contribution in [3.05, 3.63) is 98.9 Å². The normalized spacial score (nSPS) is 16.5. The standard InChI is InChI=1S/C28H25BrN2O4S/c1-3-18(2)35-24-14-11-20(15-23(24)29)16-25-26(32)31(17-19-9-12-21(13-10-19)27(33)34)28(36-25)30-22-7-5-4-6-8-22/h4-16,18H,3,17H2,1-2H3,(H,33,34)/b25-16-,30-28?/t18-/m1/s1. The van der Waals surface area contributed by atoms with Gasteiger partial charge in [0.2, 0.25) is 0 Å². The fraction of sp³-hybridized carbons (Fsp3) is 0.179. The van der Waals surface area contributed by atoms with Crippen LogP contribution in [0, 0.1) is 0 Å². The minimum Gasteiger partial charge on any atom is -0.490 e. The quantitative estimate of drug-likeness (QED) is 0.294. The number of aliphatic imine (C=N–C) groups is 1. The van der Waals surface area contributed by atoms with E-state index < -0.39 is 5.97 Å². The Labute approximate surface area is 222 Å². The Balaban J connectivity index is 1.63. The first-order valence-electron chi connectivity index (χ1n) is 11.5. The molecule has 4 rings (SSSR count). The lowest BCUT2D eigenvalue weighted by Crippen LogP contribution is -2.28. The van der Waals surface area contributed by atoms with E-state index in [-0.39, 0.29) is 24.1 Å². The van der Waals surface area contributed by atoms with Gasteiger partial charge in [-0.25, -0.2) is 9.79 Å². The summed E-state index contributed by atoms with van der Waals surface area (Å²) in [5.41, 5.74) is 2.62. The lowest BCUT2D eigenvalue weighted by atomic mass is 10.1. The van der Waals surface area contributed by atoms with Crippen molar-refractivity contribution in [2.45, 2.75) is 32.9 Å². The number of hydrogen-bond acceptors (Lipinski definition) is 5. The minimum absolute atomic E-state index is 0.104. The number of aromatic carboxylic acids is 1. The van der Waals surface area contributed by atoms with Gasteiger partial charge in [0.05, 0.1) is 33.3 Å². The van der Waals surface area contributed by atoms with Crippen LogP contribution in [0.15, 0.2) is 87.2 Å². The number of carbonyl (C=O) groups excluding carboxylic acids is 1. The van der Waals surface area contributed by atoms with Crippen molar-refractivity contribution in [3.8, 4) is 5.75 Å². The molecule has 1 amide bonds. The summed E-state index contributed by atoms with van der Waals surface area (Å²) in [6.07, 6.45) is 2.85. The molecule has 6 nitrogen and oxygen atoms in total. The maximum atomic E-state index is 13.5. The topological polar surface area (TPSA) is 79.2 Å². The number of carbonyl (C=O) groups is 2. The molecular weight excluding hydrogens is 540 g/mol. The monoisotopic (exact) mass is 564 g/mol. The molecule has 1 atom stereocenters. The average molecular weight is 565 g/mol. The predicted octanol–water partition coefficient (Wildman–Crippen LogP) is 7.13. The third-order valence-corrected chi connectivity index (χ3v) is 7.19. The van der Waals surface area contributed by atoms with Gasteiger partial charge in [-0.15, -0.1) is 0 Å². The Morgan fingerprint density at radius 1 is 1.14 bits per heavy atom. The number of rotatable bonds is 8. The van der Waals surface area contributed by atoms with Gasteiger partial charge < -0.3 is 9.84 Å². The highest BCUT2D eigenvalue weighted by atomic mass is 79.9. The van der Waals surface area contributed by atoms with Gasteiger partial charge in [0, 0.05) is 0 Å². The molecule has 1 aliphatic heterocycles. The maximum Gasteiger partial charge on any atom is 0.335 e. The van der Waals surface area contributed by atoms with E-state index in [1.807, 2.05) is 61.5 Å². The first-order chi connectivity index (χ1) is 17.3. The lowest BCUT2D eigenvalue weighted by molar-refractivity contribution is -0.122. The summed E-state index contributed by atoms with van der Waals surface area (Å²) in [5, 5.41) is 9.73. The zero-order valence-corrected chi connectivity index (χ0v) is 22.3. The molecule has 3 aromatic carbocycles. The molecule has 1 N–H and O–H groups in total. The van der Waals surface area contributed by atoms with Gasteiger partial charge in [-0.1, -0.05) is 43.3 Å². The molecule has 0 spiro atoms. The highest BCUT2D eigenvalue weighted by Gasteiger charge is 2.33. The van der Waals surface area contributed by atoms with E-state index in [4.69, 9.17) is 14.8 Å². The molecule has 184 valence electrons. The van der Waals surface area contributed by atoms with Crippen LogP contribution in [-0.2, 0) is 11.3 Å². The Morgan fingerprint density at radius 3 is 2.50 bits per heavy atom. The van der Waals surface area contributed by atoms with E-state index in [1.54, 1.807) is 17.0 Å². The van der Waals surface area contributed by atoms with Crippen molar-refractivity contribution in [1.29, 1.82) is 0 Å². The van der Waals surface area contributed by atoms with Gasteiger partial charge in [-0.05, 0) is 94.6 Å². The van der Waals surface area contributed by atoms with E-state index in [9.17, 15) is 9.59 Å². The van der Waals surface area contributed by atoms with Crippen LogP contribution in [0.4, 0.5) is 5.69 Å². The summed E-state index contributed by atoms with van der Waals surface area (Å²) < 4.78 is 6.75. The number of thioether (sulfide) groups is 1. The third-order valence-electron chi connectivity index (χ3n) is 5.57. The van der Waals surface area contributed by atoms with Crippen molar-refractivity contribution in [2.75, 3.05) is 0 Å². The van der Waals surface area contributed by atoms with Crippen LogP contribution in [0.2, 0.25) is 0 Å². The lowest BCUT2D eigenvalue weighted by Gasteiger charge is -2.16. The molecule has 0 unspecified atom stereocenters. The first kappa shape index (κ1) is 25.7. The molecule has 1 fully saturated rings. The number of amidine groups is 1. The van der Waals surface area contributed by atoms with Gasteiger partial charge >= 0.3 is 5.97 Å². The summed E-state index contributed by atoms with van der Waals surface area (Å²) in [7, 11) is 0. The summed E-state index contributed by atoms with van der Waals surface area (Å²) >= 11 is 4.89. The Morgan fingerprint density at radius 2 is 1.86 bits per heavy atom. The number of amides is 1. The maximum absolute atomic E-state index is 13.5. The van der Waals surface area contributed by atoms with Gasteiger partial charge in [-0.3, -0.25) is 9.69 Å². The zero-order chi connectivity index (χ0) is 25.7. The van der Waals surface area contributed by atoms with E-state index in [0.717, 1.165) is 33.5 Å². The predicted molar refractivity (Wildman–Crippen MR) is 148 cm³/mol. The van der Waals surface area contributed by atoms with Crippen LogP contribution < -0.4 is 4.74 Å². The van der Waals surface area contributed by atoms with Crippen LogP contribution in [0.5, 0.6) is 5.75 Å². The second-order valence-corrected chi connectivity index (χ2v) is 10.1. The second-order valence-electron chi connectivity index (χ2n) is 8.26. The number of carboxylic acids is 1. The molecular formula is C28H25BrN2O4S. The minimum atomic E-state index is -0.988. The SMILES string of the molecule is CC[C@@H](C)Oc1ccc(/C=C2\SC(=Nc3ccccc3)N(Cc3ccc(C(=O)O)cc3)C2=O)cc1Br. The van der Waals surface area contributed by atoms with E-state index >= 15 is 0 Å². The van der Waals surface area contributed by atoms with E-state index in [1.165, 1.54) is 23.9 Å². The molecule has 0 bridgehead atoms. The van der Waals surface area contributed by atoms with E-state index in [0.29, 0.717) is 10.1 Å². The molecule has 1 aliphatic rings. The van der Waals surface area contributed by atoms with E-state index in [2.05, 4.69) is 22.9 Å². The summed E-state index contributed by atoms with van der Waals surface area (Å²) in [6.45, 7) is 4.37. The van der Waals surface area contributed by atoms with Gasteiger partial charge in [-0.2, -0.15) is 0 Å². The number of halogens is 1. The largest absolute Gasteiger partial charge is 0.490 e. The number of ether oxygens (including phenoxy) is 1. The Bertz CT molecular complexity index is 1320. The zero-order valence-electron chi connectivity index (χ0n) is 19.8. The van der Waals surface area contributed by atoms with Gasteiger partial charge in [0.1, 0.15) is 5.75 Å². The smallest absolute Gasteiger partial charge is 0.335 e. The van der Waals surface area contributed by atoms with Crippen molar-refractivity contribution >= 4 is 56.5 Å². The molecule has 3 aromatic rings. The third kappa shape index (κ3) is 6.25. The van der Waals surface area contributed by atoms with Crippen molar-refractivity contribution in [3.63, 3.8) is 0 Å². The highest BCUT2D eigenvalue weighted by Crippen LogP contribution is 2.36. The first-order valence-corrected chi connectivity index (χ1v) is 13.1. The molecule has 0 saturated carbocycles. The van der Waals surface area contributed by atoms with Crippen molar-refractivity contribution in [1.82, 2.24) is 4.90 Å².